The predicted octanol–water partition coefficient (Wildman–Crippen LogP) is 3.27. The first kappa shape index (κ1) is 14.3. The van der Waals surface area contributed by atoms with E-state index >= 15 is 0 Å². The number of pyridine rings is 1. The van der Waals surface area contributed by atoms with Crippen molar-refractivity contribution in [1.82, 2.24) is 10.3 Å². The van der Waals surface area contributed by atoms with Crippen LogP contribution in [0.15, 0.2) is 12.1 Å². The lowest BCUT2D eigenvalue weighted by molar-refractivity contribution is 0.278. The van der Waals surface area contributed by atoms with Crippen molar-refractivity contribution in [2.24, 2.45) is 5.92 Å². The SMILES string of the molecule is CCNCc1nc(OCCC(C)C)ccc1Cl. The molecule has 1 N–H and O–H groups in total. The summed E-state index contributed by atoms with van der Waals surface area (Å²) in [6.45, 7) is 8.68. The molecule has 1 aromatic heterocycles. The van der Waals surface area contributed by atoms with Crippen molar-refractivity contribution in [3.8, 4) is 5.88 Å². The zero-order chi connectivity index (χ0) is 12.7. The van der Waals surface area contributed by atoms with Gasteiger partial charge in [-0.3, -0.25) is 0 Å². The van der Waals surface area contributed by atoms with Crippen LogP contribution in [0, 0.1) is 5.92 Å². The van der Waals surface area contributed by atoms with E-state index in [9.17, 15) is 0 Å². The van der Waals surface area contributed by atoms with Gasteiger partial charge in [-0.05, 0) is 24.9 Å². The number of nitrogens with one attached hydrogen (secondary N) is 1. The van der Waals surface area contributed by atoms with Crippen LogP contribution in [0.25, 0.3) is 0 Å². The van der Waals surface area contributed by atoms with Crippen molar-refractivity contribution in [3.63, 3.8) is 0 Å². The van der Waals surface area contributed by atoms with Gasteiger partial charge in [-0.15, -0.1) is 0 Å². The fourth-order valence-corrected chi connectivity index (χ4v) is 1.48. The van der Waals surface area contributed by atoms with Gasteiger partial charge < -0.3 is 10.1 Å². The highest BCUT2D eigenvalue weighted by Gasteiger charge is 2.04. The summed E-state index contributed by atoms with van der Waals surface area (Å²) in [5.41, 5.74) is 0.843. The molecule has 1 aromatic rings. The quantitative estimate of drug-likeness (QED) is 0.813. The zero-order valence-corrected chi connectivity index (χ0v) is 11.5. The molecular formula is C13H21ClN2O. The zero-order valence-electron chi connectivity index (χ0n) is 10.8. The average Bonchev–Trinajstić information content (AvgIpc) is 2.29. The molecule has 0 saturated heterocycles. The van der Waals surface area contributed by atoms with E-state index in [2.05, 4.69) is 31.1 Å². The molecule has 0 spiro atoms. The van der Waals surface area contributed by atoms with E-state index in [1.807, 2.05) is 12.1 Å². The summed E-state index contributed by atoms with van der Waals surface area (Å²) in [5.74, 6) is 1.30. The minimum absolute atomic E-state index is 0.642. The van der Waals surface area contributed by atoms with Crippen LogP contribution in [0.2, 0.25) is 5.02 Å². The van der Waals surface area contributed by atoms with E-state index in [0.717, 1.165) is 18.7 Å². The molecule has 0 aromatic carbocycles. The first-order chi connectivity index (χ1) is 8.13. The average molecular weight is 257 g/mol. The van der Waals surface area contributed by atoms with Crippen LogP contribution < -0.4 is 10.1 Å². The number of hydrogen-bond donors (Lipinski definition) is 1. The molecule has 0 radical (unpaired) electrons. The molecule has 0 fully saturated rings. The van der Waals surface area contributed by atoms with Crippen molar-refractivity contribution in [2.75, 3.05) is 13.2 Å². The van der Waals surface area contributed by atoms with Gasteiger partial charge in [0.1, 0.15) is 0 Å². The Bertz CT molecular complexity index is 342. The second kappa shape index (κ2) is 7.51. The Morgan fingerprint density at radius 3 is 2.82 bits per heavy atom. The second-order valence-electron chi connectivity index (χ2n) is 4.39. The third kappa shape index (κ3) is 5.37. The minimum atomic E-state index is 0.642. The first-order valence-electron chi connectivity index (χ1n) is 6.12. The molecule has 1 heterocycles. The summed E-state index contributed by atoms with van der Waals surface area (Å²) >= 11 is 6.06. The lowest BCUT2D eigenvalue weighted by atomic mass is 10.1. The van der Waals surface area contributed by atoms with Gasteiger partial charge in [0.2, 0.25) is 5.88 Å². The van der Waals surface area contributed by atoms with Crippen molar-refractivity contribution < 1.29 is 4.74 Å². The third-order valence-corrected chi connectivity index (χ3v) is 2.72. The smallest absolute Gasteiger partial charge is 0.213 e. The van der Waals surface area contributed by atoms with Crippen LogP contribution in [0.3, 0.4) is 0 Å². The number of rotatable bonds is 7. The minimum Gasteiger partial charge on any atom is -0.478 e. The summed E-state index contributed by atoms with van der Waals surface area (Å²) in [6, 6.07) is 3.66. The number of nitrogens with zero attached hydrogens (tertiary/aromatic N) is 1. The van der Waals surface area contributed by atoms with Crippen LogP contribution in [-0.2, 0) is 6.54 Å². The highest BCUT2D eigenvalue weighted by Crippen LogP contribution is 2.18. The Hall–Kier alpha value is -0.800. The fourth-order valence-electron chi connectivity index (χ4n) is 1.31. The van der Waals surface area contributed by atoms with E-state index in [4.69, 9.17) is 16.3 Å². The lowest BCUT2D eigenvalue weighted by Gasteiger charge is -2.09. The molecule has 96 valence electrons. The van der Waals surface area contributed by atoms with Crippen LogP contribution >= 0.6 is 11.6 Å². The largest absolute Gasteiger partial charge is 0.478 e. The van der Waals surface area contributed by atoms with Crippen molar-refractivity contribution in [3.05, 3.63) is 22.8 Å². The standard InChI is InChI=1S/C13H21ClN2O/c1-4-15-9-12-11(14)5-6-13(16-12)17-8-7-10(2)3/h5-6,10,15H,4,7-9H2,1-3H3. The lowest BCUT2D eigenvalue weighted by Crippen LogP contribution is -2.14. The molecule has 1 rings (SSSR count). The predicted molar refractivity (Wildman–Crippen MR) is 71.6 cm³/mol. The van der Waals surface area contributed by atoms with Crippen molar-refractivity contribution in [2.45, 2.75) is 33.7 Å². The van der Waals surface area contributed by atoms with E-state index in [1.165, 1.54) is 0 Å². The normalized spacial score (nSPS) is 10.9. The molecule has 0 saturated carbocycles. The molecule has 4 heteroatoms. The summed E-state index contributed by atoms with van der Waals surface area (Å²) in [4.78, 5) is 4.39. The third-order valence-electron chi connectivity index (χ3n) is 2.38. The van der Waals surface area contributed by atoms with Crippen LogP contribution in [0.4, 0.5) is 0 Å². The van der Waals surface area contributed by atoms with E-state index < -0.39 is 0 Å². The monoisotopic (exact) mass is 256 g/mol. The van der Waals surface area contributed by atoms with Gasteiger partial charge in [0.15, 0.2) is 0 Å². The van der Waals surface area contributed by atoms with Gasteiger partial charge in [0, 0.05) is 12.6 Å². The van der Waals surface area contributed by atoms with E-state index in [0.29, 0.717) is 30.0 Å². The van der Waals surface area contributed by atoms with Gasteiger partial charge >= 0.3 is 0 Å². The van der Waals surface area contributed by atoms with E-state index in [1.54, 1.807) is 0 Å². The molecule has 17 heavy (non-hydrogen) atoms. The molecule has 0 bridgehead atoms. The maximum atomic E-state index is 6.06. The van der Waals surface area contributed by atoms with Crippen LogP contribution in [-0.4, -0.2) is 18.1 Å². The summed E-state index contributed by atoms with van der Waals surface area (Å²) < 4.78 is 5.59. The molecule has 0 atom stereocenters. The van der Waals surface area contributed by atoms with Crippen LogP contribution in [0.5, 0.6) is 5.88 Å². The Kier molecular flexibility index (Phi) is 6.30. The Morgan fingerprint density at radius 2 is 2.18 bits per heavy atom. The summed E-state index contributed by atoms with van der Waals surface area (Å²) in [5, 5.41) is 3.89. The molecule has 0 unspecified atom stereocenters. The Balaban J connectivity index is 2.55. The molecule has 3 nitrogen and oxygen atoms in total. The van der Waals surface area contributed by atoms with Gasteiger partial charge in [0.25, 0.3) is 0 Å². The number of halogens is 1. The summed E-state index contributed by atoms with van der Waals surface area (Å²) in [6.07, 6.45) is 1.03. The van der Waals surface area contributed by atoms with Gasteiger partial charge in [-0.25, -0.2) is 4.98 Å². The molecule has 0 aliphatic carbocycles. The molecule has 0 amide bonds. The second-order valence-corrected chi connectivity index (χ2v) is 4.80. The molecular weight excluding hydrogens is 236 g/mol. The molecule has 0 aliphatic rings. The topological polar surface area (TPSA) is 34.2 Å². The fraction of sp³-hybridized carbons (Fsp3) is 0.615. The number of hydrogen-bond acceptors (Lipinski definition) is 3. The van der Waals surface area contributed by atoms with Gasteiger partial charge in [-0.2, -0.15) is 0 Å². The first-order valence-corrected chi connectivity index (χ1v) is 6.50. The van der Waals surface area contributed by atoms with Crippen molar-refractivity contribution in [1.29, 1.82) is 0 Å². The number of ether oxygens (including phenoxy) is 1. The van der Waals surface area contributed by atoms with Gasteiger partial charge in [0.05, 0.1) is 17.3 Å². The van der Waals surface area contributed by atoms with Crippen LogP contribution in [0.1, 0.15) is 32.9 Å². The maximum absolute atomic E-state index is 6.06. The Morgan fingerprint density at radius 1 is 1.41 bits per heavy atom. The van der Waals surface area contributed by atoms with Gasteiger partial charge in [-0.1, -0.05) is 32.4 Å². The highest BCUT2D eigenvalue weighted by atomic mass is 35.5. The summed E-state index contributed by atoms with van der Waals surface area (Å²) in [7, 11) is 0. The van der Waals surface area contributed by atoms with E-state index in [-0.39, 0.29) is 0 Å². The van der Waals surface area contributed by atoms with Crippen molar-refractivity contribution >= 4 is 11.6 Å². The molecule has 0 aliphatic heterocycles. The number of aromatic nitrogens is 1. The Labute approximate surface area is 109 Å². The highest BCUT2D eigenvalue weighted by molar-refractivity contribution is 6.31. The maximum Gasteiger partial charge on any atom is 0.213 e.